The highest BCUT2D eigenvalue weighted by atomic mass is 16.3. The van der Waals surface area contributed by atoms with E-state index in [1.807, 2.05) is 0 Å². The Labute approximate surface area is 136 Å². The molecule has 4 rings (SSSR count). The van der Waals surface area contributed by atoms with Crippen LogP contribution in [0.5, 0.6) is 0 Å². The maximum atomic E-state index is 12.5. The first kappa shape index (κ1) is 15.3. The van der Waals surface area contributed by atoms with Gasteiger partial charge in [-0.05, 0) is 66.9 Å². The van der Waals surface area contributed by atoms with Crippen LogP contribution in [0.15, 0.2) is 11.6 Å². The van der Waals surface area contributed by atoms with Crippen LogP contribution in [0.1, 0.15) is 51.9 Å². The van der Waals surface area contributed by atoms with Gasteiger partial charge in [0.25, 0.3) is 0 Å². The number of Topliss-reactive ketones (excluding diaryl/α,β-unsaturated/α-hetero) is 1. The van der Waals surface area contributed by atoms with Crippen molar-refractivity contribution >= 4 is 17.8 Å². The maximum absolute atomic E-state index is 12.5. The summed E-state index contributed by atoms with van der Waals surface area (Å²) in [5.41, 5.74) is 0.251. The van der Waals surface area contributed by atoms with Crippen LogP contribution in [0.3, 0.4) is 0 Å². The Morgan fingerprint density at radius 1 is 1.22 bits per heavy atom. The molecular weight excluding hydrogens is 290 g/mol. The second kappa shape index (κ2) is 4.85. The van der Waals surface area contributed by atoms with Crippen molar-refractivity contribution in [1.82, 2.24) is 0 Å². The molecular formula is C19H25NO3. The molecule has 0 aromatic heterocycles. The number of fused-ring (bicyclic) bond motifs is 5. The lowest BCUT2D eigenvalue weighted by Gasteiger charge is -2.57. The molecule has 4 heteroatoms. The van der Waals surface area contributed by atoms with Crippen molar-refractivity contribution in [2.24, 2.45) is 28.6 Å². The van der Waals surface area contributed by atoms with E-state index in [0.29, 0.717) is 31.1 Å². The molecule has 4 aliphatic rings. The number of ketones is 2. The Bertz CT molecular complexity index is 624. The van der Waals surface area contributed by atoms with E-state index in [4.69, 9.17) is 5.41 Å². The van der Waals surface area contributed by atoms with E-state index in [1.54, 1.807) is 6.08 Å². The largest absolute Gasteiger partial charge is 0.389 e. The summed E-state index contributed by atoms with van der Waals surface area (Å²) in [6.07, 6.45) is 7.70. The van der Waals surface area contributed by atoms with Gasteiger partial charge in [-0.15, -0.1) is 0 Å². The molecule has 0 aromatic rings. The van der Waals surface area contributed by atoms with E-state index < -0.39 is 11.5 Å². The number of aliphatic hydroxyl groups is 1. The molecule has 0 saturated heterocycles. The zero-order chi connectivity index (χ0) is 16.4. The highest BCUT2D eigenvalue weighted by Crippen LogP contribution is 2.63. The van der Waals surface area contributed by atoms with Gasteiger partial charge >= 0.3 is 0 Å². The van der Waals surface area contributed by atoms with Gasteiger partial charge in [-0.3, -0.25) is 9.59 Å². The van der Waals surface area contributed by atoms with Gasteiger partial charge in [-0.25, -0.2) is 0 Å². The van der Waals surface area contributed by atoms with Crippen molar-refractivity contribution in [1.29, 1.82) is 5.41 Å². The Hall–Kier alpha value is -1.29. The highest BCUT2D eigenvalue weighted by molar-refractivity contribution is 6.01. The maximum Gasteiger partial charge on any atom is 0.155 e. The fourth-order valence-corrected chi connectivity index (χ4v) is 6.37. The SMILES string of the molecule is C[C@]12CCC(=O)C=C1C(O)C[C@@H]1[C@@H]2CC[C@]2(C=N)C(=O)CC[C@@H]12. The summed E-state index contributed by atoms with van der Waals surface area (Å²) < 4.78 is 0. The minimum absolute atomic E-state index is 0.115. The third-order valence-electron chi connectivity index (χ3n) is 7.56. The Balaban J connectivity index is 1.76. The predicted octanol–water partition coefficient (Wildman–Crippen LogP) is 2.69. The summed E-state index contributed by atoms with van der Waals surface area (Å²) in [7, 11) is 0. The number of hydrogen-bond donors (Lipinski definition) is 2. The molecule has 0 radical (unpaired) electrons. The lowest BCUT2D eigenvalue weighted by molar-refractivity contribution is -0.129. The van der Waals surface area contributed by atoms with E-state index in [9.17, 15) is 14.7 Å². The van der Waals surface area contributed by atoms with E-state index >= 15 is 0 Å². The lowest BCUT2D eigenvalue weighted by Crippen LogP contribution is -2.55. The molecule has 3 fully saturated rings. The molecule has 3 saturated carbocycles. The first-order chi connectivity index (χ1) is 10.9. The molecule has 6 atom stereocenters. The third kappa shape index (κ3) is 1.84. The fraction of sp³-hybridized carbons (Fsp3) is 0.737. The van der Waals surface area contributed by atoms with Crippen molar-refractivity contribution in [3.63, 3.8) is 0 Å². The van der Waals surface area contributed by atoms with Crippen LogP contribution >= 0.6 is 0 Å². The van der Waals surface area contributed by atoms with Crippen LogP contribution in [0, 0.1) is 34.0 Å². The van der Waals surface area contributed by atoms with Gasteiger partial charge in [-0.2, -0.15) is 0 Å². The molecule has 0 heterocycles. The van der Waals surface area contributed by atoms with Crippen LogP contribution in [-0.2, 0) is 9.59 Å². The van der Waals surface area contributed by atoms with E-state index in [1.165, 1.54) is 6.21 Å². The molecule has 0 aliphatic heterocycles. The second-order valence-corrected chi connectivity index (χ2v) is 8.30. The summed E-state index contributed by atoms with van der Waals surface area (Å²) in [4.78, 5) is 24.3. The molecule has 0 bridgehead atoms. The van der Waals surface area contributed by atoms with Gasteiger partial charge in [0.15, 0.2) is 5.78 Å². The molecule has 124 valence electrons. The zero-order valence-corrected chi connectivity index (χ0v) is 13.7. The van der Waals surface area contributed by atoms with Gasteiger partial charge < -0.3 is 10.5 Å². The molecule has 2 N–H and O–H groups in total. The van der Waals surface area contributed by atoms with Gasteiger partial charge in [0.05, 0.1) is 11.5 Å². The van der Waals surface area contributed by atoms with Crippen LogP contribution in [0.4, 0.5) is 0 Å². The summed E-state index contributed by atoms with van der Waals surface area (Å²) in [5, 5.41) is 18.6. The molecule has 0 spiro atoms. The molecule has 4 aliphatic carbocycles. The number of carbonyl (C=O) groups is 2. The van der Waals surface area contributed by atoms with Crippen molar-refractivity contribution in [2.75, 3.05) is 0 Å². The summed E-state index contributed by atoms with van der Waals surface area (Å²) >= 11 is 0. The van der Waals surface area contributed by atoms with Crippen LogP contribution in [0.25, 0.3) is 0 Å². The van der Waals surface area contributed by atoms with Crippen LogP contribution in [0.2, 0.25) is 0 Å². The Morgan fingerprint density at radius 2 is 2.00 bits per heavy atom. The van der Waals surface area contributed by atoms with E-state index in [-0.39, 0.29) is 22.9 Å². The zero-order valence-electron chi connectivity index (χ0n) is 13.7. The normalized spacial score (nSPS) is 49.0. The molecule has 1 unspecified atom stereocenters. The van der Waals surface area contributed by atoms with Crippen molar-refractivity contribution in [2.45, 2.75) is 58.0 Å². The topological polar surface area (TPSA) is 78.2 Å². The average molecular weight is 315 g/mol. The second-order valence-electron chi connectivity index (χ2n) is 8.30. The summed E-state index contributed by atoms with van der Waals surface area (Å²) in [6.45, 7) is 2.21. The highest BCUT2D eigenvalue weighted by Gasteiger charge is 2.61. The van der Waals surface area contributed by atoms with Gasteiger partial charge in [0.2, 0.25) is 0 Å². The van der Waals surface area contributed by atoms with Crippen LogP contribution in [-0.4, -0.2) is 29.0 Å². The molecule has 0 amide bonds. The molecule has 0 aromatic carbocycles. The van der Waals surface area contributed by atoms with Crippen molar-refractivity contribution < 1.29 is 14.7 Å². The van der Waals surface area contributed by atoms with Gasteiger partial charge in [0, 0.05) is 19.1 Å². The number of nitrogens with one attached hydrogen (secondary N) is 1. The predicted molar refractivity (Wildman–Crippen MR) is 86.2 cm³/mol. The number of carbonyl (C=O) groups excluding carboxylic acids is 2. The van der Waals surface area contributed by atoms with Gasteiger partial charge in [-0.1, -0.05) is 6.92 Å². The molecule has 4 nitrogen and oxygen atoms in total. The molecule has 23 heavy (non-hydrogen) atoms. The minimum Gasteiger partial charge on any atom is -0.389 e. The van der Waals surface area contributed by atoms with Crippen molar-refractivity contribution in [3.8, 4) is 0 Å². The fourth-order valence-electron chi connectivity index (χ4n) is 6.37. The van der Waals surface area contributed by atoms with Gasteiger partial charge in [0.1, 0.15) is 5.78 Å². The number of hydrogen-bond acceptors (Lipinski definition) is 4. The quantitative estimate of drug-likeness (QED) is 0.730. The van der Waals surface area contributed by atoms with E-state index in [2.05, 4.69) is 6.92 Å². The van der Waals surface area contributed by atoms with Crippen molar-refractivity contribution in [3.05, 3.63) is 11.6 Å². The average Bonchev–Trinajstić information content (AvgIpc) is 2.87. The monoisotopic (exact) mass is 315 g/mol. The summed E-state index contributed by atoms with van der Waals surface area (Å²) in [5.74, 6) is 1.29. The Kier molecular flexibility index (Phi) is 3.22. The first-order valence-corrected chi connectivity index (χ1v) is 8.90. The smallest absolute Gasteiger partial charge is 0.155 e. The Morgan fingerprint density at radius 3 is 2.74 bits per heavy atom. The lowest BCUT2D eigenvalue weighted by atomic mass is 9.47. The first-order valence-electron chi connectivity index (χ1n) is 8.90. The summed E-state index contributed by atoms with van der Waals surface area (Å²) in [6, 6.07) is 0. The van der Waals surface area contributed by atoms with E-state index in [0.717, 1.165) is 31.3 Å². The standard InChI is InChI=1S/C19H25NO3/c1-18-6-4-11(21)8-15(18)16(22)9-12-13(18)5-7-19(10-20)14(12)2-3-17(19)23/h8,10,12-14,16,20,22H,2-7,9H2,1H3/t12-,13+,14+,16?,18-,19-/m1/s1. The minimum atomic E-state index is -0.567. The van der Waals surface area contributed by atoms with Crippen LogP contribution < -0.4 is 0 Å². The third-order valence-corrected chi connectivity index (χ3v) is 7.56. The number of rotatable bonds is 1. The number of aliphatic hydroxyl groups excluding tert-OH is 1.